The van der Waals surface area contributed by atoms with Gasteiger partial charge in [0.15, 0.2) is 11.6 Å². The highest BCUT2D eigenvalue weighted by Gasteiger charge is 2.53. The van der Waals surface area contributed by atoms with E-state index in [1.807, 2.05) is 24.5 Å². The van der Waals surface area contributed by atoms with E-state index in [4.69, 9.17) is 4.74 Å². The molecule has 0 bridgehead atoms. The lowest BCUT2D eigenvalue weighted by Crippen LogP contribution is -2.48. The van der Waals surface area contributed by atoms with E-state index in [2.05, 4.69) is 0 Å². The van der Waals surface area contributed by atoms with Crippen LogP contribution in [0.1, 0.15) is 57.7 Å². The number of aliphatic carboxylic acids is 1. The first-order chi connectivity index (χ1) is 15.5. The summed E-state index contributed by atoms with van der Waals surface area (Å²) in [5.74, 6) is -2.61. The quantitative estimate of drug-likeness (QED) is 0.514. The number of nitrogens with zero attached hydrogens (tertiary/aromatic N) is 1. The summed E-state index contributed by atoms with van der Waals surface area (Å²) >= 11 is 0. The van der Waals surface area contributed by atoms with Gasteiger partial charge in [-0.25, -0.2) is 8.78 Å². The van der Waals surface area contributed by atoms with Crippen molar-refractivity contribution in [3.05, 3.63) is 59.3 Å². The monoisotopic (exact) mass is 455 g/mol. The third-order valence-corrected chi connectivity index (χ3v) is 7.62. The first kappa shape index (κ1) is 21.9. The molecule has 0 atom stereocenters. The van der Waals surface area contributed by atoms with Gasteiger partial charge in [-0.05, 0) is 56.9 Å². The predicted octanol–water partition coefficient (Wildman–Crippen LogP) is 5.78. The topological polar surface area (TPSA) is 71.7 Å². The van der Waals surface area contributed by atoms with E-state index in [9.17, 15) is 23.8 Å². The van der Waals surface area contributed by atoms with Crippen molar-refractivity contribution >= 4 is 16.9 Å². The molecule has 174 valence electrons. The Hall–Kier alpha value is -2.93. The van der Waals surface area contributed by atoms with Gasteiger partial charge in [-0.2, -0.15) is 0 Å². The number of halogens is 2. The third kappa shape index (κ3) is 3.09. The predicted molar refractivity (Wildman–Crippen MR) is 120 cm³/mol. The van der Waals surface area contributed by atoms with Crippen LogP contribution in [0.2, 0.25) is 0 Å². The zero-order valence-corrected chi connectivity index (χ0v) is 18.9. The van der Waals surface area contributed by atoms with E-state index in [1.54, 1.807) is 19.1 Å². The highest BCUT2D eigenvalue weighted by Crippen LogP contribution is 2.57. The molecule has 0 amide bonds. The number of hydrogen-bond donors (Lipinski definition) is 2. The zero-order chi connectivity index (χ0) is 23.8. The maximum atomic E-state index is 14.3. The van der Waals surface area contributed by atoms with Crippen LogP contribution >= 0.6 is 0 Å². The second-order valence-electron chi connectivity index (χ2n) is 10.4. The smallest absolute Gasteiger partial charge is 0.309 e. The first-order valence-electron chi connectivity index (χ1n) is 11.2. The molecule has 3 aromatic rings. The molecule has 2 aliphatic rings. The standard InChI is InChI=1S/C26H27F2NO4/c1-24(2)14-33-26(11-9-25(3,10-12-26)23(31)32)21-20-18(5-4-6-19(20)30)29(22(21)24)15-7-8-16(27)17(28)13-15/h4-8,13,30H,9-12,14H2,1-3H3,(H,31,32). The van der Waals surface area contributed by atoms with Crippen molar-refractivity contribution in [1.82, 2.24) is 4.57 Å². The van der Waals surface area contributed by atoms with Gasteiger partial charge in [0.05, 0.1) is 23.1 Å². The minimum atomic E-state index is -0.947. The van der Waals surface area contributed by atoms with Crippen LogP contribution in [0.5, 0.6) is 5.75 Å². The molecule has 5 nitrogen and oxygen atoms in total. The van der Waals surface area contributed by atoms with Gasteiger partial charge in [0.25, 0.3) is 0 Å². The van der Waals surface area contributed by atoms with Gasteiger partial charge < -0.3 is 19.5 Å². The number of aromatic hydroxyl groups is 1. The largest absolute Gasteiger partial charge is 0.507 e. The van der Waals surface area contributed by atoms with Gasteiger partial charge in [-0.1, -0.05) is 19.9 Å². The maximum Gasteiger partial charge on any atom is 0.309 e. The molecule has 2 aromatic carbocycles. The number of fused-ring (bicyclic) bond motifs is 4. The van der Waals surface area contributed by atoms with Crippen LogP contribution in [0, 0.1) is 17.0 Å². The van der Waals surface area contributed by atoms with E-state index in [1.165, 1.54) is 12.1 Å². The number of rotatable bonds is 2. The summed E-state index contributed by atoms with van der Waals surface area (Å²) in [6.45, 7) is 6.19. The molecule has 1 saturated carbocycles. The number of benzene rings is 2. The summed E-state index contributed by atoms with van der Waals surface area (Å²) in [6, 6.07) is 8.98. The second kappa shape index (κ2) is 7.03. The number of phenols is 1. The Labute approximate surface area is 190 Å². The number of ether oxygens (including phenoxy) is 1. The molecule has 0 saturated heterocycles. The molecule has 1 aliphatic heterocycles. The SMILES string of the molecule is CC1(C(=O)O)CCC2(CC1)OCC(C)(C)c1c2c2c(O)cccc2n1-c1ccc(F)c(F)c1. The summed E-state index contributed by atoms with van der Waals surface area (Å²) in [4.78, 5) is 11.9. The summed E-state index contributed by atoms with van der Waals surface area (Å²) in [5, 5.41) is 21.3. The van der Waals surface area contributed by atoms with Gasteiger partial charge >= 0.3 is 5.97 Å². The second-order valence-corrected chi connectivity index (χ2v) is 10.4. The number of carboxylic acids is 1. The molecular formula is C26H27F2NO4. The van der Waals surface area contributed by atoms with Crippen LogP contribution in [0.15, 0.2) is 36.4 Å². The van der Waals surface area contributed by atoms with Crippen LogP contribution in [0.4, 0.5) is 8.78 Å². The minimum Gasteiger partial charge on any atom is -0.507 e. The molecule has 1 aliphatic carbocycles. The fourth-order valence-electron chi connectivity index (χ4n) is 5.57. The average molecular weight is 456 g/mol. The van der Waals surface area contributed by atoms with E-state index in [0.717, 1.165) is 17.3 Å². The summed E-state index contributed by atoms with van der Waals surface area (Å²) < 4.78 is 36.4. The van der Waals surface area contributed by atoms with Crippen molar-refractivity contribution < 1.29 is 28.5 Å². The zero-order valence-electron chi connectivity index (χ0n) is 18.9. The van der Waals surface area contributed by atoms with Crippen molar-refractivity contribution in [2.45, 2.75) is 57.5 Å². The van der Waals surface area contributed by atoms with E-state index < -0.39 is 34.0 Å². The molecular weight excluding hydrogens is 428 g/mol. The molecule has 1 fully saturated rings. The van der Waals surface area contributed by atoms with E-state index in [0.29, 0.717) is 48.9 Å². The molecule has 1 aromatic heterocycles. The molecule has 2 heterocycles. The van der Waals surface area contributed by atoms with Crippen LogP contribution in [0.25, 0.3) is 16.6 Å². The average Bonchev–Trinajstić information content (AvgIpc) is 3.14. The fourth-order valence-corrected chi connectivity index (χ4v) is 5.57. The Morgan fingerprint density at radius 1 is 1.03 bits per heavy atom. The normalized spacial score (nSPS) is 26.5. The van der Waals surface area contributed by atoms with Crippen molar-refractivity contribution in [2.75, 3.05) is 6.61 Å². The minimum absolute atomic E-state index is 0.0809. The Balaban J connectivity index is 1.82. The molecule has 2 N–H and O–H groups in total. The molecule has 33 heavy (non-hydrogen) atoms. The lowest BCUT2D eigenvalue weighted by atomic mass is 9.65. The number of hydrogen-bond acceptors (Lipinski definition) is 3. The molecule has 5 rings (SSSR count). The molecule has 7 heteroatoms. The third-order valence-electron chi connectivity index (χ3n) is 7.62. The van der Waals surface area contributed by atoms with E-state index in [-0.39, 0.29) is 5.75 Å². The van der Waals surface area contributed by atoms with E-state index >= 15 is 0 Å². The Bertz CT molecular complexity index is 1290. The Kier molecular flexibility index (Phi) is 4.67. The van der Waals surface area contributed by atoms with Crippen LogP contribution < -0.4 is 0 Å². The van der Waals surface area contributed by atoms with Gasteiger partial charge in [0.2, 0.25) is 0 Å². The molecule has 1 spiro atoms. The fraction of sp³-hybridized carbons (Fsp3) is 0.423. The van der Waals surface area contributed by atoms with Gasteiger partial charge in [0, 0.05) is 33.8 Å². The Morgan fingerprint density at radius 2 is 1.73 bits per heavy atom. The van der Waals surface area contributed by atoms with Crippen LogP contribution in [-0.4, -0.2) is 27.4 Å². The van der Waals surface area contributed by atoms with Crippen molar-refractivity contribution in [3.8, 4) is 11.4 Å². The summed E-state index contributed by atoms with van der Waals surface area (Å²) in [7, 11) is 0. The number of aromatic nitrogens is 1. The highest BCUT2D eigenvalue weighted by molar-refractivity contribution is 5.94. The molecule has 0 unspecified atom stereocenters. The van der Waals surface area contributed by atoms with Crippen LogP contribution in [0.3, 0.4) is 0 Å². The number of carbonyl (C=O) groups is 1. The van der Waals surface area contributed by atoms with Crippen molar-refractivity contribution in [1.29, 1.82) is 0 Å². The lowest BCUT2D eigenvalue weighted by molar-refractivity contribution is -0.160. The van der Waals surface area contributed by atoms with Gasteiger partial charge in [0.1, 0.15) is 5.75 Å². The van der Waals surface area contributed by atoms with Crippen LogP contribution in [-0.2, 0) is 20.5 Å². The Morgan fingerprint density at radius 3 is 2.36 bits per heavy atom. The highest BCUT2D eigenvalue weighted by atomic mass is 19.2. The van der Waals surface area contributed by atoms with Gasteiger partial charge in [-0.3, -0.25) is 4.79 Å². The number of phenolic OH excluding ortho intramolecular Hbond substituents is 1. The summed E-state index contributed by atoms with van der Waals surface area (Å²) in [5.41, 5.74) is 0.740. The van der Waals surface area contributed by atoms with Crippen molar-refractivity contribution in [3.63, 3.8) is 0 Å². The van der Waals surface area contributed by atoms with Gasteiger partial charge in [-0.15, -0.1) is 0 Å². The maximum absolute atomic E-state index is 14.3. The van der Waals surface area contributed by atoms with Crippen molar-refractivity contribution in [2.24, 2.45) is 5.41 Å². The molecule has 0 radical (unpaired) electrons. The number of carboxylic acid groups (broad SMARTS) is 1. The lowest BCUT2D eigenvalue weighted by Gasteiger charge is -2.49. The first-order valence-corrected chi connectivity index (χ1v) is 11.2. The summed E-state index contributed by atoms with van der Waals surface area (Å²) in [6.07, 6.45) is 1.86.